The van der Waals surface area contributed by atoms with Crippen molar-refractivity contribution in [2.45, 2.75) is 24.7 Å². The Hall–Kier alpha value is -1.88. The molecule has 2 aromatic rings. The average molecular weight is 245 g/mol. The van der Waals surface area contributed by atoms with Crippen molar-refractivity contribution in [1.29, 1.82) is 0 Å². The minimum absolute atomic E-state index is 0.109. The van der Waals surface area contributed by atoms with E-state index >= 15 is 0 Å². The van der Waals surface area contributed by atoms with Gasteiger partial charge in [0.15, 0.2) is 0 Å². The molecule has 0 radical (unpaired) electrons. The average Bonchev–Trinajstić information content (AvgIpc) is 2.79. The number of aromatic nitrogens is 2. The molecule has 0 spiro atoms. The number of nitrogens with two attached hydrogens (primary N) is 1. The van der Waals surface area contributed by atoms with E-state index in [9.17, 15) is 5.11 Å². The summed E-state index contributed by atoms with van der Waals surface area (Å²) in [6.45, 7) is 0.546. The molecule has 1 aromatic carbocycles. The van der Waals surface area contributed by atoms with Gasteiger partial charge in [-0.1, -0.05) is 11.6 Å². The van der Waals surface area contributed by atoms with Crippen LogP contribution in [0.2, 0.25) is 0 Å². The topological polar surface area (TPSA) is 85.2 Å². The maximum Gasteiger partial charge on any atom is 0.234 e. The van der Waals surface area contributed by atoms with Crippen LogP contribution < -0.4 is 5.73 Å². The van der Waals surface area contributed by atoms with Gasteiger partial charge in [0.2, 0.25) is 11.7 Å². The highest BCUT2D eigenvalue weighted by molar-refractivity contribution is 5.55. The standard InChI is InChI=1S/C13H15N3O2/c14-8-13(6-1-7-13)12-15-11(16-18-12)9-2-4-10(17)5-3-9/h2-5,17H,1,6-8,14H2. The van der Waals surface area contributed by atoms with Crippen molar-refractivity contribution >= 4 is 0 Å². The maximum absolute atomic E-state index is 9.24. The number of nitrogens with zero attached hydrogens (tertiary/aromatic N) is 2. The molecule has 18 heavy (non-hydrogen) atoms. The van der Waals surface area contributed by atoms with Crippen LogP contribution in [0.15, 0.2) is 28.8 Å². The Morgan fingerprint density at radius 2 is 2.00 bits per heavy atom. The van der Waals surface area contributed by atoms with E-state index in [4.69, 9.17) is 10.3 Å². The molecule has 0 amide bonds. The Labute approximate surface area is 105 Å². The zero-order valence-corrected chi connectivity index (χ0v) is 9.97. The third-order valence-electron chi connectivity index (χ3n) is 3.71. The first kappa shape index (κ1) is 11.2. The predicted molar refractivity (Wildman–Crippen MR) is 66.0 cm³/mol. The lowest BCUT2D eigenvalue weighted by Crippen LogP contribution is -2.41. The summed E-state index contributed by atoms with van der Waals surface area (Å²) >= 11 is 0. The van der Waals surface area contributed by atoms with Gasteiger partial charge in [-0.3, -0.25) is 0 Å². The zero-order chi connectivity index (χ0) is 12.6. The minimum Gasteiger partial charge on any atom is -0.508 e. The van der Waals surface area contributed by atoms with Crippen molar-refractivity contribution in [2.24, 2.45) is 5.73 Å². The molecular formula is C13H15N3O2. The molecule has 0 atom stereocenters. The summed E-state index contributed by atoms with van der Waals surface area (Å²) in [6.07, 6.45) is 3.19. The molecule has 3 N–H and O–H groups in total. The molecule has 94 valence electrons. The summed E-state index contributed by atoms with van der Waals surface area (Å²) < 4.78 is 5.34. The summed E-state index contributed by atoms with van der Waals surface area (Å²) in [5, 5.41) is 13.2. The first-order valence-corrected chi connectivity index (χ1v) is 6.07. The lowest BCUT2D eigenvalue weighted by atomic mass is 9.69. The number of hydrogen-bond acceptors (Lipinski definition) is 5. The summed E-state index contributed by atoms with van der Waals surface area (Å²) in [4.78, 5) is 4.44. The van der Waals surface area contributed by atoms with Gasteiger partial charge in [0, 0.05) is 12.1 Å². The Balaban J connectivity index is 1.91. The largest absolute Gasteiger partial charge is 0.508 e. The number of phenols is 1. The van der Waals surface area contributed by atoms with E-state index in [1.807, 2.05) is 0 Å². The zero-order valence-electron chi connectivity index (χ0n) is 9.97. The molecule has 1 aliphatic rings. The highest BCUT2D eigenvalue weighted by atomic mass is 16.5. The second-order valence-corrected chi connectivity index (χ2v) is 4.81. The van der Waals surface area contributed by atoms with E-state index in [1.54, 1.807) is 24.3 Å². The lowest BCUT2D eigenvalue weighted by Gasteiger charge is -2.36. The van der Waals surface area contributed by atoms with Crippen LogP contribution in [0.1, 0.15) is 25.2 Å². The summed E-state index contributed by atoms with van der Waals surface area (Å²) in [5.41, 5.74) is 6.53. The second kappa shape index (κ2) is 4.10. The highest BCUT2D eigenvalue weighted by Crippen LogP contribution is 2.42. The summed E-state index contributed by atoms with van der Waals surface area (Å²) in [6, 6.07) is 6.74. The Morgan fingerprint density at radius 3 is 2.56 bits per heavy atom. The van der Waals surface area contributed by atoms with Crippen LogP contribution >= 0.6 is 0 Å². The minimum atomic E-state index is -0.109. The van der Waals surface area contributed by atoms with Crippen molar-refractivity contribution in [3.8, 4) is 17.1 Å². The fourth-order valence-corrected chi connectivity index (χ4v) is 2.28. The van der Waals surface area contributed by atoms with Gasteiger partial charge in [0.25, 0.3) is 0 Å². The van der Waals surface area contributed by atoms with Crippen molar-refractivity contribution in [2.75, 3.05) is 6.54 Å². The van der Waals surface area contributed by atoms with Crippen molar-refractivity contribution < 1.29 is 9.63 Å². The molecule has 5 nitrogen and oxygen atoms in total. The van der Waals surface area contributed by atoms with Crippen LogP contribution in [0.3, 0.4) is 0 Å². The van der Waals surface area contributed by atoms with Crippen molar-refractivity contribution in [3.05, 3.63) is 30.2 Å². The van der Waals surface area contributed by atoms with Gasteiger partial charge < -0.3 is 15.4 Å². The maximum atomic E-state index is 9.24. The Kier molecular flexibility index (Phi) is 2.56. The normalized spacial score (nSPS) is 17.4. The Bertz CT molecular complexity index is 538. The predicted octanol–water partition coefficient (Wildman–Crippen LogP) is 1.82. The molecule has 1 heterocycles. The SMILES string of the molecule is NCC1(c2nc(-c3ccc(O)cc3)no2)CCC1. The molecule has 0 bridgehead atoms. The molecule has 3 rings (SSSR count). The first-order chi connectivity index (χ1) is 8.73. The van der Waals surface area contributed by atoms with Gasteiger partial charge in [0.1, 0.15) is 5.75 Å². The fraction of sp³-hybridized carbons (Fsp3) is 0.385. The van der Waals surface area contributed by atoms with E-state index in [-0.39, 0.29) is 11.2 Å². The van der Waals surface area contributed by atoms with Crippen LogP contribution in [-0.4, -0.2) is 21.8 Å². The van der Waals surface area contributed by atoms with Gasteiger partial charge in [0.05, 0.1) is 5.41 Å². The van der Waals surface area contributed by atoms with E-state index in [2.05, 4.69) is 10.1 Å². The number of benzene rings is 1. The van der Waals surface area contributed by atoms with E-state index in [0.717, 1.165) is 24.8 Å². The second-order valence-electron chi connectivity index (χ2n) is 4.81. The highest BCUT2D eigenvalue weighted by Gasteiger charge is 2.42. The number of phenolic OH excluding ortho intramolecular Hbond substituents is 1. The molecule has 1 aliphatic carbocycles. The van der Waals surface area contributed by atoms with Crippen LogP contribution in [0.5, 0.6) is 5.75 Å². The summed E-state index contributed by atoms with van der Waals surface area (Å²) in [5.74, 6) is 1.41. The number of aromatic hydroxyl groups is 1. The van der Waals surface area contributed by atoms with Crippen molar-refractivity contribution in [1.82, 2.24) is 10.1 Å². The van der Waals surface area contributed by atoms with Gasteiger partial charge in [-0.15, -0.1) is 0 Å². The molecule has 1 fully saturated rings. The fourth-order valence-electron chi connectivity index (χ4n) is 2.28. The van der Waals surface area contributed by atoms with Crippen LogP contribution in [0.25, 0.3) is 11.4 Å². The van der Waals surface area contributed by atoms with E-state index < -0.39 is 0 Å². The van der Waals surface area contributed by atoms with Gasteiger partial charge in [-0.05, 0) is 37.1 Å². The third kappa shape index (κ3) is 1.67. The van der Waals surface area contributed by atoms with Gasteiger partial charge >= 0.3 is 0 Å². The van der Waals surface area contributed by atoms with Crippen LogP contribution in [0, 0.1) is 0 Å². The van der Waals surface area contributed by atoms with Crippen molar-refractivity contribution in [3.63, 3.8) is 0 Å². The van der Waals surface area contributed by atoms with E-state index in [1.165, 1.54) is 0 Å². The quantitative estimate of drug-likeness (QED) is 0.861. The smallest absolute Gasteiger partial charge is 0.234 e. The van der Waals surface area contributed by atoms with Gasteiger partial charge in [-0.2, -0.15) is 4.98 Å². The molecule has 1 aromatic heterocycles. The van der Waals surface area contributed by atoms with E-state index in [0.29, 0.717) is 18.3 Å². The molecule has 0 aliphatic heterocycles. The Morgan fingerprint density at radius 1 is 1.28 bits per heavy atom. The first-order valence-electron chi connectivity index (χ1n) is 6.07. The summed E-state index contributed by atoms with van der Waals surface area (Å²) in [7, 11) is 0. The van der Waals surface area contributed by atoms with Crippen LogP contribution in [0.4, 0.5) is 0 Å². The molecule has 5 heteroatoms. The molecule has 1 saturated carbocycles. The van der Waals surface area contributed by atoms with Gasteiger partial charge in [-0.25, -0.2) is 0 Å². The third-order valence-corrected chi connectivity index (χ3v) is 3.71. The van der Waals surface area contributed by atoms with Crippen LogP contribution in [-0.2, 0) is 5.41 Å². The number of rotatable bonds is 3. The molecular weight excluding hydrogens is 230 g/mol. The molecule has 0 unspecified atom stereocenters. The lowest BCUT2D eigenvalue weighted by molar-refractivity contribution is 0.182. The molecule has 0 saturated heterocycles. The number of hydrogen-bond donors (Lipinski definition) is 2. The monoisotopic (exact) mass is 245 g/mol.